The summed E-state index contributed by atoms with van der Waals surface area (Å²) in [6.45, 7) is -2.08. The second kappa shape index (κ2) is 10.4. The van der Waals surface area contributed by atoms with Gasteiger partial charge < -0.3 is 14.8 Å². The molecule has 2 N–H and O–H groups in total. The van der Waals surface area contributed by atoms with Gasteiger partial charge in [-0.1, -0.05) is 23.7 Å². The molecular formula is C20H21ClF2N2O5S. The molecule has 11 heteroatoms. The summed E-state index contributed by atoms with van der Waals surface area (Å²) in [5.74, 6) is -0.506. The molecule has 0 spiro atoms. The number of alkyl halides is 2. The fourth-order valence-corrected chi connectivity index (χ4v) is 4.60. The van der Waals surface area contributed by atoms with E-state index in [4.69, 9.17) is 16.3 Å². The van der Waals surface area contributed by atoms with E-state index in [2.05, 4.69) is 14.8 Å². The maximum absolute atomic E-state index is 12.6. The Bertz CT molecular complexity index is 1010. The third kappa shape index (κ3) is 6.60. The Morgan fingerprint density at radius 3 is 2.61 bits per heavy atom. The van der Waals surface area contributed by atoms with Gasteiger partial charge >= 0.3 is 6.61 Å². The second-order valence-corrected chi connectivity index (χ2v) is 8.98. The minimum atomic E-state index is -3.93. The van der Waals surface area contributed by atoms with E-state index in [0.29, 0.717) is 12.2 Å². The van der Waals surface area contributed by atoms with Crippen LogP contribution in [0, 0.1) is 0 Å². The van der Waals surface area contributed by atoms with Crippen LogP contribution in [0.3, 0.4) is 0 Å². The van der Waals surface area contributed by atoms with E-state index < -0.39 is 22.5 Å². The van der Waals surface area contributed by atoms with Crippen molar-refractivity contribution in [2.45, 2.75) is 37.0 Å². The van der Waals surface area contributed by atoms with E-state index in [9.17, 15) is 22.0 Å². The molecule has 7 nitrogen and oxygen atoms in total. The van der Waals surface area contributed by atoms with Crippen LogP contribution in [0.4, 0.5) is 8.78 Å². The number of rotatable bonds is 9. The van der Waals surface area contributed by atoms with E-state index in [0.717, 1.165) is 12.8 Å². The predicted octanol–water partition coefficient (Wildman–Crippen LogP) is 3.33. The first-order valence-electron chi connectivity index (χ1n) is 9.47. The number of carbonyl (C=O) groups is 1. The number of benzene rings is 2. The molecule has 1 amide bonds. The summed E-state index contributed by atoms with van der Waals surface area (Å²) in [7, 11) is -3.93. The maximum atomic E-state index is 12.6. The molecule has 31 heavy (non-hydrogen) atoms. The number of nitrogens with one attached hydrogen (secondary N) is 2. The second-order valence-electron chi connectivity index (χ2n) is 6.84. The molecule has 1 heterocycles. The van der Waals surface area contributed by atoms with Gasteiger partial charge in [-0.2, -0.15) is 8.78 Å². The SMILES string of the molecule is O=C(NCc1ccc(OC(F)F)cc1)c1ccc(Cl)c(S(=O)(=O)NCC2CCCO2)c1. The first-order valence-corrected chi connectivity index (χ1v) is 11.3. The molecule has 1 saturated heterocycles. The Labute approximate surface area is 183 Å². The fraction of sp³-hybridized carbons (Fsp3) is 0.350. The average Bonchev–Trinajstić information content (AvgIpc) is 3.25. The normalized spacial score (nSPS) is 16.5. The van der Waals surface area contributed by atoms with Gasteiger partial charge in [-0.25, -0.2) is 13.1 Å². The monoisotopic (exact) mass is 474 g/mol. The van der Waals surface area contributed by atoms with Gasteiger partial charge in [0.2, 0.25) is 10.0 Å². The van der Waals surface area contributed by atoms with Gasteiger partial charge in [-0.05, 0) is 48.7 Å². The van der Waals surface area contributed by atoms with E-state index in [1.165, 1.54) is 42.5 Å². The molecule has 2 aromatic rings. The lowest BCUT2D eigenvalue weighted by Crippen LogP contribution is -2.32. The average molecular weight is 475 g/mol. The maximum Gasteiger partial charge on any atom is 0.387 e. The molecular weight excluding hydrogens is 454 g/mol. The van der Waals surface area contributed by atoms with Crippen molar-refractivity contribution in [1.29, 1.82) is 0 Å². The van der Waals surface area contributed by atoms with Gasteiger partial charge in [0.15, 0.2) is 0 Å². The van der Waals surface area contributed by atoms with Crippen molar-refractivity contribution in [1.82, 2.24) is 10.0 Å². The van der Waals surface area contributed by atoms with Crippen molar-refractivity contribution in [3.8, 4) is 5.75 Å². The van der Waals surface area contributed by atoms with Crippen LogP contribution >= 0.6 is 11.6 Å². The van der Waals surface area contributed by atoms with Gasteiger partial charge in [-0.15, -0.1) is 0 Å². The molecule has 1 unspecified atom stereocenters. The Morgan fingerprint density at radius 1 is 1.23 bits per heavy atom. The largest absolute Gasteiger partial charge is 0.435 e. The molecule has 1 aliphatic heterocycles. The zero-order valence-electron chi connectivity index (χ0n) is 16.3. The number of halogens is 3. The lowest BCUT2D eigenvalue weighted by atomic mass is 10.2. The quantitative estimate of drug-likeness (QED) is 0.581. The fourth-order valence-electron chi connectivity index (χ4n) is 3.01. The van der Waals surface area contributed by atoms with E-state index in [-0.39, 0.29) is 40.4 Å². The minimum Gasteiger partial charge on any atom is -0.435 e. The molecule has 1 aliphatic rings. The minimum absolute atomic E-state index is 0.00753. The zero-order valence-corrected chi connectivity index (χ0v) is 17.9. The molecule has 0 radical (unpaired) electrons. The van der Waals surface area contributed by atoms with Crippen LogP contribution in [0.25, 0.3) is 0 Å². The van der Waals surface area contributed by atoms with Crippen molar-refractivity contribution in [2.24, 2.45) is 0 Å². The molecule has 2 aromatic carbocycles. The summed E-state index contributed by atoms with van der Waals surface area (Å²) in [4.78, 5) is 12.3. The molecule has 3 rings (SSSR count). The van der Waals surface area contributed by atoms with E-state index in [1.807, 2.05) is 0 Å². The van der Waals surface area contributed by atoms with Gasteiger partial charge in [-0.3, -0.25) is 4.79 Å². The highest BCUT2D eigenvalue weighted by Crippen LogP contribution is 2.23. The van der Waals surface area contributed by atoms with Gasteiger partial charge in [0.25, 0.3) is 5.91 Å². The summed E-state index contributed by atoms with van der Waals surface area (Å²) in [5, 5.41) is 2.64. The van der Waals surface area contributed by atoms with Crippen LogP contribution in [0.1, 0.15) is 28.8 Å². The van der Waals surface area contributed by atoms with E-state index in [1.54, 1.807) is 0 Å². The van der Waals surface area contributed by atoms with Crippen LogP contribution < -0.4 is 14.8 Å². The number of carbonyl (C=O) groups excluding carboxylic acids is 1. The highest BCUT2D eigenvalue weighted by Gasteiger charge is 2.23. The van der Waals surface area contributed by atoms with E-state index >= 15 is 0 Å². The Morgan fingerprint density at radius 2 is 1.97 bits per heavy atom. The summed E-state index contributed by atoms with van der Waals surface area (Å²) < 4.78 is 61.8. The van der Waals surface area contributed by atoms with Crippen molar-refractivity contribution in [3.63, 3.8) is 0 Å². The summed E-state index contributed by atoms with van der Waals surface area (Å²) in [5.41, 5.74) is 0.759. The van der Waals surface area contributed by atoms with Crippen LogP contribution in [0.15, 0.2) is 47.4 Å². The van der Waals surface area contributed by atoms with Crippen LogP contribution in [-0.4, -0.2) is 40.2 Å². The van der Waals surface area contributed by atoms with Gasteiger partial charge in [0.05, 0.1) is 11.1 Å². The summed E-state index contributed by atoms with van der Waals surface area (Å²) in [6, 6.07) is 9.75. The van der Waals surface area contributed by atoms with Crippen LogP contribution in [0.5, 0.6) is 5.75 Å². The lowest BCUT2D eigenvalue weighted by Gasteiger charge is -2.13. The zero-order chi connectivity index (χ0) is 22.4. The Balaban J connectivity index is 1.63. The number of hydrogen-bond acceptors (Lipinski definition) is 5. The molecule has 1 atom stereocenters. The molecule has 0 aromatic heterocycles. The highest BCUT2D eigenvalue weighted by atomic mass is 35.5. The molecule has 0 aliphatic carbocycles. The van der Waals surface area contributed by atoms with Crippen molar-refractivity contribution in [2.75, 3.05) is 13.2 Å². The lowest BCUT2D eigenvalue weighted by molar-refractivity contribution is -0.0498. The third-order valence-electron chi connectivity index (χ3n) is 4.61. The van der Waals surface area contributed by atoms with Gasteiger partial charge in [0.1, 0.15) is 10.6 Å². The predicted molar refractivity (Wildman–Crippen MR) is 110 cm³/mol. The molecule has 0 bridgehead atoms. The van der Waals surface area contributed by atoms with Crippen molar-refractivity contribution < 1.29 is 31.5 Å². The number of sulfonamides is 1. The molecule has 1 fully saturated rings. The molecule has 0 saturated carbocycles. The topological polar surface area (TPSA) is 93.7 Å². The number of ether oxygens (including phenoxy) is 2. The highest BCUT2D eigenvalue weighted by molar-refractivity contribution is 7.89. The standard InChI is InChI=1S/C20H21ClF2N2O5S/c21-17-8-5-14(10-18(17)31(27,28)25-12-16-2-1-9-29-16)19(26)24-11-13-3-6-15(7-4-13)30-20(22)23/h3-8,10,16,20,25H,1-2,9,11-12H2,(H,24,26). The van der Waals surface area contributed by atoms with Crippen molar-refractivity contribution >= 4 is 27.5 Å². The summed E-state index contributed by atoms with van der Waals surface area (Å²) >= 11 is 6.06. The molecule has 168 valence electrons. The Kier molecular flexibility index (Phi) is 7.82. The number of hydrogen-bond donors (Lipinski definition) is 2. The van der Waals surface area contributed by atoms with Crippen LogP contribution in [0.2, 0.25) is 5.02 Å². The Hall–Kier alpha value is -2.27. The number of amides is 1. The smallest absolute Gasteiger partial charge is 0.387 e. The van der Waals surface area contributed by atoms with Gasteiger partial charge in [0, 0.05) is 25.3 Å². The third-order valence-corrected chi connectivity index (χ3v) is 6.51. The summed E-state index contributed by atoms with van der Waals surface area (Å²) in [6.07, 6.45) is 1.47. The first kappa shape index (κ1) is 23.4. The van der Waals surface area contributed by atoms with Crippen molar-refractivity contribution in [3.05, 3.63) is 58.6 Å². The first-order chi connectivity index (χ1) is 14.7. The van der Waals surface area contributed by atoms with Crippen LogP contribution in [-0.2, 0) is 21.3 Å².